The van der Waals surface area contributed by atoms with Gasteiger partial charge in [-0.25, -0.2) is 0 Å². The van der Waals surface area contributed by atoms with Crippen LogP contribution < -0.4 is 14.8 Å². The molecular formula is C16H22N2O4. The van der Waals surface area contributed by atoms with Gasteiger partial charge in [-0.15, -0.1) is 0 Å². The fourth-order valence-electron chi connectivity index (χ4n) is 2.28. The molecular weight excluding hydrogens is 284 g/mol. The van der Waals surface area contributed by atoms with Gasteiger partial charge in [-0.3, -0.25) is 14.5 Å². The second kappa shape index (κ2) is 7.26. The lowest BCUT2D eigenvalue weighted by atomic mass is 10.1. The molecule has 0 aliphatic carbocycles. The summed E-state index contributed by atoms with van der Waals surface area (Å²) in [5, 5.41) is 2.79. The maximum Gasteiger partial charge on any atom is 0.238 e. The van der Waals surface area contributed by atoms with Crippen LogP contribution in [0.1, 0.15) is 37.0 Å². The number of amides is 1. The summed E-state index contributed by atoms with van der Waals surface area (Å²) in [7, 11) is 1.90. The molecule has 0 spiro atoms. The number of nitrogens with zero attached hydrogens (tertiary/aromatic N) is 1. The summed E-state index contributed by atoms with van der Waals surface area (Å²) in [5.41, 5.74) is 0.888. The Bertz CT molecular complexity index is 572. The molecule has 1 N–H and O–H groups in total. The summed E-state index contributed by atoms with van der Waals surface area (Å²) < 4.78 is 10.6. The van der Waals surface area contributed by atoms with E-state index >= 15 is 0 Å². The van der Waals surface area contributed by atoms with E-state index in [-0.39, 0.29) is 25.0 Å². The van der Waals surface area contributed by atoms with Crippen LogP contribution in [0.25, 0.3) is 0 Å². The highest BCUT2D eigenvalue weighted by Gasteiger charge is 2.20. The van der Waals surface area contributed by atoms with Gasteiger partial charge in [0.1, 0.15) is 0 Å². The smallest absolute Gasteiger partial charge is 0.238 e. The molecule has 0 radical (unpaired) electrons. The van der Waals surface area contributed by atoms with Crippen LogP contribution in [0.2, 0.25) is 0 Å². The molecule has 0 unspecified atom stereocenters. The topological polar surface area (TPSA) is 67.9 Å². The van der Waals surface area contributed by atoms with E-state index in [4.69, 9.17) is 9.47 Å². The summed E-state index contributed by atoms with van der Waals surface area (Å²) in [6.45, 7) is 4.85. The predicted molar refractivity (Wildman–Crippen MR) is 83.6 cm³/mol. The molecule has 1 aliphatic rings. The lowest BCUT2D eigenvalue weighted by Gasteiger charge is -2.16. The van der Waals surface area contributed by atoms with Gasteiger partial charge in [-0.1, -0.05) is 13.3 Å². The Morgan fingerprint density at radius 1 is 1.27 bits per heavy atom. The molecule has 22 heavy (non-hydrogen) atoms. The number of fused-ring (bicyclic) bond motifs is 1. The molecule has 6 nitrogen and oxygen atoms in total. The first-order valence-electron chi connectivity index (χ1n) is 7.44. The molecule has 0 fully saturated rings. The normalized spacial score (nSPS) is 12.5. The van der Waals surface area contributed by atoms with Gasteiger partial charge in [0.2, 0.25) is 12.7 Å². The van der Waals surface area contributed by atoms with Crippen molar-refractivity contribution in [1.29, 1.82) is 0 Å². The monoisotopic (exact) mass is 306 g/mol. The first-order chi connectivity index (χ1) is 10.5. The molecule has 0 atom stereocenters. The van der Waals surface area contributed by atoms with Crippen molar-refractivity contribution in [3.8, 4) is 11.5 Å². The van der Waals surface area contributed by atoms with E-state index < -0.39 is 0 Å². The van der Waals surface area contributed by atoms with Crippen LogP contribution in [0.3, 0.4) is 0 Å². The number of likely N-dealkylation sites (N-methyl/N-ethyl adjacent to an activating group) is 1. The number of nitrogens with one attached hydrogen (secondary N) is 1. The molecule has 2 rings (SSSR count). The molecule has 0 saturated heterocycles. The van der Waals surface area contributed by atoms with Crippen molar-refractivity contribution >= 4 is 17.4 Å². The largest absolute Gasteiger partial charge is 0.454 e. The zero-order valence-electron chi connectivity index (χ0n) is 13.3. The van der Waals surface area contributed by atoms with Crippen LogP contribution >= 0.6 is 0 Å². The van der Waals surface area contributed by atoms with E-state index in [1.54, 1.807) is 12.1 Å². The van der Waals surface area contributed by atoms with Crippen LogP contribution in [0.15, 0.2) is 12.1 Å². The maximum absolute atomic E-state index is 12.1. The van der Waals surface area contributed by atoms with Crippen LogP contribution in [-0.4, -0.2) is 43.5 Å². The van der Waals surface area contributed by atoms with Gasteiger partial charge in [0, 0.05) is 11.6 Å². The molecule has 1 aliphatic heterocycles. The molecule has 1 aromatic carbocycles. The summed E-state index contributed by atoms with van der Waals surface area (Å²) in [5.74, 6) is 0.788. The average Bonchev–Trinajstić information content (AvgIpc) is 2.91. The number of carbonyl (C=O) groups is 2. The van der Waals surface area contributed by atoms with Crippen LogP contribution in [-0.2, 0) is 4.79 Å². The first kappa shape index (κ1) is 16.3. The quantitative estimate of drug-likeness (QED) is 0.783. The van der Waals surface area contributed by atoms with E-state index in [0.717, 1.165) is 19.4 Å². The van der Waals surface area contributed by atoms with E-state index in [1.807, 2.05) is 11.9 Å². The van der Waals surface area contributed by atoms with Crippen molar-refractivity contribution in [3.63, 3.8) is 0 Å². The van der Waals surface area contributed by atoms with E-state index in [0.29, 0.717) is 22.7 Å². The van der Waals surface area contributed by atoms with Gasteiger partial charge < -0.3 is 14.8 Å². The zero-order valence-corrected chi connectivity index (χ0v) is 13.3. The summed E-state index contributed by atoms with van der Waals surface area (Å²) in [6, 6.07) is 3.25. The van der Waals surface area contributed by atoms with Crippen molar-refractivity contribution < 1.29 is 19.1 Å². The van der Waals surface area contributed by atoms with Crippen LogP contribution in [0.5, 0.6) is 11.5 Å². The standard InChI is InChI=1S/C16H22N2O4/c1-4-5-6-18(3)9-16(20)17-13-8-15-14(21-10-22-15)7-12(13)11(2)19/h7-8H,4-6,9-10H2,1-3H3,(H,17,20). The van der Waals surface area contributed by atoms with Crippen molar-refractivity contribution in [2.75, 3.05) is 32.2 Å². The second-order valence-corrected chi connectivity index (χ2v) is 5.45. The minimum Gasteiger partial charge on any atom is -0.454 e. The Morgan fingerprint density at radius 3 is 2.59 bits per heavy atom. The molecule has 0 aromatic heterocycles. The minimum absolute atomic E-state index is 0.129. The first-order valence-corrected chi connectivity index (χ1v) is 7.44. The Balaban J connectivity index is 2.08. The van der Waals surface area contributed by atoms with Gasteiger partial charge in [0.05, 0.1) is 12.2 Å². The number of unbranched alkanes of at least 4 members (excludes halogenated alkanes) is 1. The van der Waals surface area contributed by atoms with E-state index in [9.17, 15) is 9.59 Å². The molecule has 6 heteroatoms. The van der Waals surface area contributed by atoms with Gasteiger partial charge in [-0.05, 0) is 33.0 Å². The van der Waals surface area contributed by atoms with Gasteiger partial charge in [0.25, 0.3) is 0 Å². The predicted octanol–water partition coefficient (Wildman–Crippen LogP) is 2.29. The number of benzene rings is 1. The molecule has 1 amide bonds. The highest BCUT2D eigenvalue weighted by molar-refractivity contribution is 6.05. The SMILES string of the molecule is CCCCN(C)CC(=O)Nc1cc2c(cc1C(C)=O)OCO2. The molecule has 1 heterocycles. The van der Waals surface area contributed by atoms with Crippen LogP contribution in [0, 0.1) is 0 Å². The Hall–Kier alpha value is -2.08. The van der Waals surface area contributed by atoms with Gasteiger partial charge >= 0.3 is 0 Å². The van der Waals surface area contributed by atoms with E-state index in [1.165, 1.54) is 6.92 Å². The highest BCUT2D eigenvalue weighted by atomic mass is 16.7. The molecule has 0 saturated carbocycles. The maximum atomic E-state index is 12.1. The number of carbonyl (C=O) groups excluding carboxylic acids is 2. The third-order valence-corrected chi connectivity index (χ3v) is 3.47. The minimum atomic E-state index is -0.153. The molecule has 0 bridgehead atoms. The Morgan fingerprint density at radius 2 is 1.95 bits per heavy atom. The molecule has 1 aromatic rings. The zero-order chi connectivity index (χ0) is 16.1. The Labute approximate surface area is 130 Å². The fourth-order valence-corrected chi connectivity index (χ4v) is 2.28. The summed E-state index contributed by atoms with van der Waals surface area (Å²) in [4.78, 5) is 25.8. The third kappa shape index (κ3) is 3.98. The summed E-state index contributed by atoms with van der Waals surface area (Å²) in [6.07, 6.45) is 2.13. The van der Waals surface area contributed by atoms with Crippen molar-refractivity contribution in [2.24, 2.45) is 0 Å². The Kier molecular flexibility index (Phi) is 5.38. The van der Waals surface area contributed by atoms with Crippen molar-refractivity contribution in [1.82, 2.24) is 4.90 Å². The van der Waals surface area contributed by atoms with E-state index in [2.05, 4.69) is 12.2 Å². The third-order valence-electron chi connectivity index (χ3n) is 3.47. The number of ether oxygens (including phenoxy) is 2. The summed E-state index contributed by atoms with van der Waals surface area (Å²) >= 11 is 0. The van der Waals surface area contributed by atoms with Crippen LogP contribution in [0.4, 0.5) is 5.69 Å². The number of hydrogen-bond acceptors (Lipinski definition) is 5. The lowest BCUT2D eigenvalue weighted by molar-refractivity contribution is -0.117. The van der Waals surface area contributed by atoms with Gasteiger partial charge in [0.15, 0.2) is 17.3 Å². The average molecular weight is 306 g/mol. The number of hydrogen-bond donors (Lipinski definition) is 1. The molecule has 120 valence electrons. The number of anilines is 1. The lowest BCUT2D eigenvalue weighted by Crippen LogP contribution is -2.31. The van der Waals surface area contributed by atoms with Gasteiger partial charge in [-0.2, -0.15) is 0 Å². The number of rotatable bonds is 7. The second-order valence-electron chi connectivity index (χ2n) is 5.45. The van der Waals surface area contributed by atoms with Crippen molar-refractivity contribution in [2.45, 2.75) is 26.7 Å². The number of ketones is 1. The number of Topliss-reactive ketones (excluding diaryl/α,β-unsaturated/α-hetero) is 1. The highest BCUT2D eigenvalue weighted by Crippen LogP contribution is 2.37. The van der Waals surface area contributed by atoms with Crippen molar-refractivity contribution in [3.05, 3.63) is 17.7 Å². The fraction of sp³-hybridized carbons (Fsp3) is 0.500.